The van der Waals surface area contributed by atoms with Crippen LogP contribution in [0.15, 0.2) is 30.3 Å². The van der Waals surface area contributed by atoms with Gasteiger partial charge in [0.2, 0.25) is 0 Å². The molecule has 0 bridgehead atoms. The van der Waals surface area contributed by atoms with Crippen LogP contribution in [0.3, 0.4) is 0 Å². The maximum absolute atomic E-state index is 6.32. The Morgan fingerprint density at radius 1 is 1.22 bits per heavy atom. The molecule has 1 N–H and O–H groups in total. The third kappa shape index (κ3) is 5.12. The zero-order chi connectivity index (χ0) is 16.7. The minimum atomic E-state index is 0.572. The highest BCUT2D eigenvalue weighted by Gasteiger charge is 2.11. The van der Waals surface area contributed by atoms with Crippen LogP contribution in [-0.2, 0) is 13.1 Å². The summed E-state index contributed by atoms with van der Waals surface area (Å²) >= 11 is 6.32. The van der Waals surface area contributed by atoms with Crippen LogP contribution in [0.4, 0.5) is 0 Å². The molecular formula is C18H23ClN2O2. The van der Waals surface area contributed by atoms with E-state index in [1.54, 1.807) is 7.11 Å². The summed E-state index contributed by atoms with van der Waals surface area (Å²) in [5, 5.41) is 3.94. The third-order valence-corrected chi connectivity index (χ3v) is 3.60. The molecule has 1 heterocycles. The number of hydrogen-bond donors (Lipinski definition) is 1. The monoisotopic (exact) mass is 334 g/mol. The van der Waals surface area contributed by atoms with Crippen molar-refractivity contribution in [3.05, 3.63) is 52.3 Å². The molecule has 124 valence electrons. The lowest BCUT2D eigenvalue weighted by Crippen LogP contribution is -2.14. The van der Waals surface area contributed by atoms with E-state index in [-0.39, 0.29) is 0 Å². The summed E-state index contributed by atoms with van der Waals surface area (Å²) in [6.45, 7) is 6.04. The first-order valence-corrected chi connectivity index (χ1v) is 8.14. The number of rotatable bonds is 8. The molecule has 5 heteroatoms. The van der Waals surface area contributed by atoms with Crippen LogP contribution in [0, 0.1) is 6.92 Å². The molecule has 0 saturated carbocycles. The fourth-order valence-electron chi connectivity index (χ4n) is 2.25. The average Bonchev–Trinajstić information content (AvgIpc) is 2.53. The number of aromatic nitrogens is 1. The van der Waals surface area contributed by atoms with Crippen molar-refractivity contribution >= 4 is 11.6 Å². The summed E-state index contributed by atoms with van der Waals surface area (Å²) in [5.74, 6) is 1.27. The number of hydrogen-bond acceptors (Lipinski definition) is 4. The van der Waals surface area contributed by atoms with Crippen LogP contribution in [0.2, 0.25) is 5.02 Å². The minimum Gasteiger partial charge on any atom is -0.493 e. The molecule has 0 aliphatic rings. The van der Waals surface area contributed by atoms with Crippen LogP contribution in [0.25, 0.3) is 0 Å². The fourth-order valence-corrected chi connectivity index (χ4v) is 2.54. The lowest BCUT2D eigenvalue weighted by Gasteiger charge is -2.14. The van der Waals surface area contributed by atoms with Gasteiger partial charge in [-0.3, -0.25) is 4.98 Å². The van der Waals surface area contributed by atoms with Crippen molar-refractivity contribution in [1.29, 1.82) is 0 Å². The summed E-state index contributed by atoms with van der Waals surface area (Å²) in [7, 11) is 1.62. The SMILES string of the molecule is CCCOc1c(Cl)cc(CNCc2cccc(C)n2)cc1OC. The molecule has 0 aliphatic carbocycles. The van der Waals surface area contributed by atoms with Crippen LogP contribution in [0.5, 0.6) is 11.5 Å². The van der Waals surface area contributed by atoms with Crippen molar-refractivity contribution in [2.24, 2.45) is 0 Å². The number of methoxy groups -OCH3 is 1. The molecule has 2 rings (SSSR count). The first-order chi connectivity index (χ1) is 11.1. The summed E-state index contributed by atoms with van der Waals surface area (Å²) in [5.41, 5.74) is 3.08. The Bertz CT molecular complexity index is 647. The zero-order valence-corrected chi connectivity index (χ0v) is 14.6. The van der Waals surface area contributed by atoms with Gasteiger partial charge in [0, 0.05) is 18.8 Å². The van der Waals surface area contributed by atoms with Gasteiger partial charge >= 0.3 is 0 Å². The Morgan fingerprint density at radius 3 is 2.74 bits per heavy atom. The van der Waals surface area contributed by atoms with E-state index in [0.717, 1.165) is 23.4 Å². The molecule has 0 radical (unpaired) electrons. The Hall–Kier alpha value is -1.78. The van der Waals surface area contributed by atoms with Gasteiger partial charge in [0.1, 0.15) is 0 Å². The minimum absolute atomic E-state index is 0.572. The predicted molar refractivity (Wildman–Crippen MR) is 93.3 cm³/mol. The number of halogens is 1. The predicted octanol–water partition coefficient (Wildman–Crippen LogP) is 4.13. The Labute approximate surface area is 142 Å². The van der Waals surface area contributed by atoms with Crippen LogP contribution >= 0.6 is 11.6 Å². The highest BCUT2D eigenvalue weighted by molar-refractivity contribution is 6.32. The van der Waals surface area contributed by atoms with Gasteiger partial charge in [0.05, 0.1) is 24.4 Å². The van der Waals surface area contributed by atoms with Gasteiger partial charge in [0.25, 0.3) is 0 Å². The van der Waals surface area contributed by atoms with E-state index in [0.29, 0.717) is 36.2 Å². The van der Waals surface area contributed by atoms with E-state index in [1.807, 2.05) is 37.3 Å². The van der Waals surface area contributed by atoms with Crippen molar-refractivity contribution in [1.82, 2.24) is 10.3 Å². The fraction of sp³-hybridized carbons (Fsp3) is 0.389. The molecule has 0 saturated heterocycles. The number of aryl methyl sites for hydroxylation is 1. The molecule has 2 aromatic rings. The second-order valence-corrected chi connectivity index (χ2v) is 5.74. The maximum atomic E-state index is 6.32. The first kappa shape index (κ1) is 17.6. The molecular weight excluding hydrogens is 312 g/mol. The van der Waals surface area contributed by atoms with E-state index >= 15 is 0 Å². The molecule has 0 spiro atoms. The van der Waals surface area contributed by atoms with Crippen LogP contribution in [-0.4, -0.2) is 18.7 Å². The Morgan fingerprint density at radius 2 is 2.04 bits per heavy atom. The van der Waals surface area contributed by atoms with Gasteiger partial charge in [-0.25, -0.2) is 0 Å². The normalized spacial score (nSPS) is 10.6. The van der Waals surface area contributed by atoms with E-state index in [9.17, 15) is 0 Å². The molecule has 4 nitrogen and oxygen atoms in total. The third-order valence-electron chi connectivity index (χ3n) is 3.32. The van der Waals surface area contributed by atoms with E-state index in [2.05, 4.69) is 17.2 Å². The van der Waals surface area contributed by atoms with Gasteiger partial charge in [0.15, 0.2) is 11.5 Å². The number of pyridine rings is 1. The zero-order valence-electron chi connectivity index (χ0n) is 13.9. The van der Waals surface area contributed by atoms with E-state index in [4.69, 9.17) is 21.1 Å². The summed E-state index contributed by atoms with van der Waals surface area (Å²) < 4.78 is 11.1. The second kappa shape index (κ2) is 8.75. The molecule has 1 aromatic carbocycles. The lowest BCUT2D eigenvalue weighted by atomic mass is 10.2. The van der Waals surface area contributed by atoms with Crippen molar-refractivity contribution in [2.75, 3.05) is 13.7 Å². The topological polar surface area (TPSA) is 43.4 Å². The van der Waals surface area contributed by atoms with Crippen molar-refractivity contribution < 1.29 is 9.47 Å². The molecule has 0 fully saturated rings. The molecule has 23 heavy (non-hydrogen) atoms. The lowest BCUT2D eigenvalue weighted by molar-refractivity contribution is 0.294. The number of ether oxygens (including phenoxy) is 2. The molecule has 0 aliphatic heterocycles. The standard InChI is InChI=1S/C18H23ClN2O2/c1-4-8-23-18-16(19)9-14(10-17(18)22-3)11-20-12-15-7-5-6-13(2)21-15/h5-7,9-10,20H,4,8,11-12H2,1-3H3. The number of nitrogens with zero attached hydrogens (tertiary/aromatic N) is 1. The van der Waals surface area contributed by atoms with E-state index in [1.165, 1.54) is 0 Å². The highest BCUT2D eigenvalue weighted by Crippen LogP contribution is 2.36. The summed E-state index contributed by atoms with van der Waals surface area (Å²) in [4.78, 5) is 4.47. The summed E-state index contributed by atoms with van der Waals surface area (Å²) in [6, 6.07) is 9.87. The van der Waals surface area contributed by atoms with Crippen LogP contribution < -0.4 is 14.8 Å². The molecule has 0 atom stereocenters. The smallest absolute Gasteiger partial charge is 0.179 e. The molecule has 1 aromatic heterocycles. The first-order valence-electron chi connectivity index (χ1n) is 7.76. The Balaban J connectivity index is 2.01. The average molecular weight is 335 g/mol. The maximum Gasteiger partial charge on any atom is 0.179 e. The van der Waals surface area contributed by atoms with Gasteiger partial charge in [-0.15, -0.1) is 0 Å². The molecule has 0 amide bonds. The van der Waals surface area contributed by atoms with Gasteiger partial charge in [-0.05, 0) is 43.2 Å². The number of nitrogens with one attached hydrogen (secondary N) is 1. The highest BCUT2D eigenvalue weighted by atomic mass is 35.5. The van der Waals surface area contributed by atoms with Gasteiger partial charge in [-0.2, -0.15) is 0 Å². The number of benzene rings is 1. The summed E-state index contributed by atoms with van der Waals surface area (Å²) in [6.07, 6.45) is 0.923. The Kier molecular flexibility index (Phi) is 6.68. The van der Waals surface area contributed by atoms with Gasteiger partial charge in [-0.1, -0.05) is 24.6 Å². The molecule has 0 unspecified atom stereocenters. The van der Waals surface area contributed by atoms with Gasteiger partial charge < -0.3 is 14.8 Å². The van der Waals surface area contributed by atoms with E-state index < -0.39 is 0 Å². The van der Waals surface area contributed by atoms with Crippen LogP contribution in [0.1, 0.15) is 30.3 Å². The van der Waals surface area contributed by atoms with Crippen molar-refractivity contribution in [2.45, 2.75) is 33.4 Å². The second-order valence-electron chi connectivity index (χ2n) is 5.33. The largest absolute Gasteiger partial charge is 0.493 e. The van der Waals surface area contributed by atoms with Crippen molar-refractivity contribution in [3.8, 4) is 11.5 Å². The van der Waals surface area contributed by atoms with Crippen molar-refractivity contribution in [3.63, 3.8) is 0 Å². The quantitative estimate of drug-likeness (QED) is 0.788.